The number of anilines is 1. The number of ether oxygens (including phenoxy) is 2. The molecule has 0 aliphatic carbocycles. The van der Waals surface area contributed by atoms with Gasteiger partial charge in [-0.3, -0.25) is 4.79 Å². The lowest BCUT2D eigenvalue weighted by Crippen LogP contribution is -2.43. The van der Waals surface area contributed by atoms with Crippen molar-refractivity contribution in [2.24, 2.45) is 5.73 Å². The average molecular weight is 576 g/mol. The van der Waals surface area contributed by atoms with Gasteiger partial charge in [-0.25, -0.2) is 9.97 Å². The number of nitrogens with two attached hydrogens (primary N) is 1. The summed E-state index contributed by atoms with van der Waals surface area (Å²) < 4.78 is 10.1. The first-order chi connectivity index (χ1) is 20.0. The Bertz CT molecular complexity index is 835. The Kier molecular flexibility index (Phi) is 24.7. The summed E-state index contributed by atoms with van der Waals surface area (Å²) in [5, 5.41) is 9.96. The smallest absolute Gasteiger partial charge is 0.272 e. The standard InChI is InChI=1S/C12H19N5O.C7H8.2C5H10O.C2H6.CH4O/c1-8-10(15-7-16-11(8)14-2)12(18)17-5-3-9(13)4-6-17;1-7-5-3-2-4-6-7;2*1-2-4-6-5-3-1;2*1-2/h7,9H,3-6,13H2,1-2H3,(H,14,15,16);2-6H,1H3;2*1-5H2;1-2H3;2H,1H3. The van der Waals surface area contributed by atoms with Gasteiger partial charge in [0.15, 0.2) is 0 Å². The zero-order valence-corrected chi connectivity index (χ0v) is 26.5. The third-order valence-corrected chi connectivity index (χ3v) is 6.45. The molecule has 1 aromatic heterocycles. The minimum Gasteiger partial charge on any atom is -0.400 e. The monoisotopic (exact) mass is 575 g/mol. The molecule has 0 saturated carbocycles. The molecule has 3 aliphatic rings. The van der Waals surface area contributed by atoms with Gasteiger partial charge in [0.25, 0.3) is 5.91 Å². The summed E-state index contributed by atoms with van der Waals surface area (Å²) in [6.07, 6.45) is 11.0. The highest BCUT2D eigenvalue weighted by Gasteiger charge is 2.24. The van der Waals surface area contributed by atoms with Gasteiger partial charge in [-0.05, 0) is 65.2 Å². The number of nitrogens with one attached hydrogen (secondary N) is 1. The van der Waals surface area contributed by atoms with E-state index in [9.17, 15) is 4.79 Å². The normalized spacial score (nSPS) is 16.1. The number of aliphatic hydroxyl groups is 1. The number of amides is 1. The molecule has 4 N–H and O–H groups in total. The Hall–Kier alpha value is -2.59. The number of aryl methyl sites for hydroxylation is 1. The molecule has 4 heterocycles. The molecule has 2 aromatic rings. The first-order valence-electron chi connectivity index (χ1n) is 15.2. The number of hydrogen-bond donors (Lipinski definition) is 3. The predicted octanol–water partition coefficient (Wildman–Crippen LogP) is 5.39. The number of aliphatic hydroxyl groups excluding tert-OH is 1. The SMILES string of the molecule is C1CCOCC1.C1CCOCC1.CC.CNc1ncnc(C(=O)N2CCC(N)CC2)c1C.CO.Cc1ccccc1. The van der Waals surface area contributed by atoms with E-state index in [2.05, 4.69) is 34.3 Å². The van der Waals surface area contributed by atoms with Crippen LogP contribution in [0.5, 0.6) is 0 Å². The summed E-state index contributed by atoms with van der Waals surface area (Å²) in [6.45, 7) is 13.4. The molecule has 5 rings (SSSR count). The second kappa shape index (κ2) is 26.3. The average Bonchev–Trinajstić information content (AvgIpc) is 3.06. The zero-order chi connectivity index (χ0) is 30.7. The molecule has 0 unspecified atom stereocenters. The molecule has 3 aliphatic heterocycles. The molecule has 3 fully saturated rings. The van der Waals surface area contributed by atoms with E-state index in [1.54, 1.807) is 7.05 Å². The molecular formula is C32H57N5O4. The molecule has 0 radical (unpaired) electrons. The molecule has 1 amide bonds. The molecule has 0 spiro atoms. The van der Waals surface area contributed by atoms with Crippen molar-refractivity contribution in [3.05, 3.63) is 53.5 Å². The summed E-state index contributed by atoms with van der Waals surface area (Å²) in [7, 11) is 2.78. The Labute approximate surface area is 249 Å². The molecular weight excluding hydrogens is 518 g/mol. The highest BCUT2D eigenvalue weighted by molar-refractivity contribution is 5.94. The van der Waals surface area contributed by atoms with Gasteiger partial charge >= 0.3 is 0 Å². The maximum Gasteiger partial charge on any atom is 0.272 e. The Morgan fingerprint density at radius 1 is 0.878 bits per heavy atom. The lowest BCUT2D eigenvalue weighted by Gasteiger charge is -2.30. The largest absolute Gasteiger partial charge is 0.400 e. The van der Waals surface area contributed by atoms with Crippen LogP contribution in [0, 0.1) is 13.8 Å². The second-order valence-corrected chi connectivity index (χ2v) is 9.58. The minimum absolute atomic E-state index is 0.0294. The molecule has 1 aromatic carbocycles. The van der Waals surface area contributed by atoms with Crippen LogP contribution < -0.4 is 11.1 Å². The van der Waals surface area contributed by atoms with Gasteiger partial charge in [0.2, 0.25) is 0 Å². The zero-order valence-electron chi connectivity index (χ0n) is 26.5. The first kappa shape index (κ1) is 38.4. The third-order valence-electron chi connectivity index (χ3n) is 6.45. The number of benzene rings is 1. The van der Waals surface area contributed by atoms with Crippen LogP contribution in [0.2, 0.25) is 0 Å². The van der Waals surface area contributed by atoms with Crippen LogP contribution in [0.1, 0.15) is 86.8 Å². The van der Waals surface area contributed by atoms with Gasteiger partial charge < -0.3 is 30.5 Å². The Morgan fingerprint density at radius 3 is 1.71 bits per heavy atom. The summed E-state index contributed by atoms with van der Waals surface area (Å²) in [4.78, 5) is 22.4. The van der Waals surface area contributed by atoms with E-state index in [0.29, 0.717) is 24.6 Å². The minimum atomic E-state index is -0.0294. The fourth-order valence-electron chi connectivity index (χ4n) is 4.08. The highest BCUT2D eigenvalue weighted by atomic mass is 16.5. The fraction of sp³-hybridized carbons (Fsp3) is 0.656. The topological polar surface area (TPSA) is 123 Å². The van der Waals surface area contributed by atoms with Crippen molar-refractivity contribution in [3.8, 4) is 0 Å². The van der Waals surface area contributed by atoms with Gasteiger partial charge in [0.1, 0.15) is 17.8 Å². The van der Waals surface area contributed by atoms with Gasteiger partial charge in [0, 0.05) is 65.3 Å². The Balaban J connectivity index is 0.000000570. The van der Waals surface area contributed by atoms with Crippen LogP contribution in [0.4, 0.5) is 5.82 Å². The summed E-state index contributed by atoms with van der Waals surface area (Å²) in [5.74, 6) is 0.667. The summed E-state index contributed by atoms with van der Waals surface area (Å²) in [6, 6.07) is 10.5. The van der Waals surface area contributed by atoms with Crippen LogP contribution in [0.25, 0.3) is 0 Å². The third kappa shape index (κ3) is 17.7. The van der Waals surface area contributed by atoms with E-state index in [1.165, 1.54) is 50.4 Å². The van der Waals surface area contributed by atoms with E-state index >= 15 is 0 Å². The molecule has 9 nitrogen and oxygen atoms in total. The van der Waals surface area contributed by atoms with Crippen molar-refractivity contribution in [1.29, 1.82) is 0 Å². The number of nitrogens with zero attached hydrogens (tertiary/aromatic N) is 3. The van der Waals surface area contributed by atoms with Crippen LogP contribution in [0.3, 0.4) is 0 Å². The number of aromatic nitrogens is 2. The van der Waals surface area contributed by atoms with Crippen LogP contribution in [-0.2, 0) is 9.47 Å². The maximum atomic E-state index is 12.4. The maximum absolute atomic E-state index is 12.4. The number of piperidine rings is 1. The van der Waals surface area contributed by atoms with E-state index in [4.69, 9.17) is 20.3 Å². The van der Waals surface area contributed by atoms with Crippen molar-refractivity contribution in [1.82, 2.24) is 14.9 Å². The van der Waals surface area contributed by atoms with Crippen molar-refractivity contribution in [3.63, 3.8) is 0 Å². The van der Waals surface area contributed by atoms with E-state index < -0.39 is 0 Å². The van der Waals surface area contributed by atoms with Gasteiger partial charge in [-0.1, -0.05) is 49.7 Å². The summed E-state index contributed by atoms with van der Waals surface area (Å²) in [5.41, 5.74) is 8.43. The van der Waals surface area contributed by atoms with Crippen LogP contribution in [0.15, 0.2) is 36.7 Å². The number of carbonyl (C=O) groups excluding carboxylic acids is 1. The molecule has 3 saturated heterocycles. The van der Waals surface area contributed by atoms with Gasteiger partial charge in [0.05, 0.1) is 0 Å². The predicted molar refractivity (Wildman–Crippen MR) is 169 cm³/mol. The molecule has 9 heteroatoms. The number of likely N-dealkylation sites (tertiary alicyclic amines) is 1. The number of carbonyl (C=O) groups is 1. The molecule has 41 heavy (non-hydrogen) atoms. The number of rotatable bonds is 2. The highest BCUT2D eigenvalue weighted by Crippen LogP contribution is 2.17. The van der Waals surface area contributed by atoms with Gasteiger partial charge in [-0.2, -0.15) is 0 Å². The summed E-state index contributed by atoms with van der Waals surface area (Å²) >= 11 is 0. The van der Waals surface area contributed by atoms with Crippen molar-refractivity contribution < 1.29 is 19.4 Å². The van der Waals surface area contributed by atoms with Crippen LogP contribution >= 0.6 is 0 Å². The molecule has 0 atom stereocenters. The van der Waals surface area contributed by atoms with E-state index in [1.807, 2.05) is 43.9 Å². The van der Waals surface area contributed by atoms with E-state index in [-0.39, 0.29) is 11.9 Å². The van der Waals surface area contributed by atoms with E-state index in [0.717, 1.165) is 51.9 Å². The van der Waals surface area contributed by atoms with Crippen molar-refractivity contribution in [2.45, 2.75) is 85.1 Å². The van der Waals surface area contributed by atoms with Crippen molar-refractivity contribution in [2.75, 3.05) is 59.0 Å². The number of hydrogen-bond acceptors (Lipinski definition) is 8. The molecule has 234 valence electrons. The fourth-order valence-corrected chi connectivity index (χ4v) is 4.08. The lowest BCUT2D eigenvalue weighted by atomic mass is 10.1. The second-order valence-electron chi connectivity index (χ2n) is 9.58. The van der Waals surface area contributed by atoms with Crippen LogP contribution in [-0.4, -0.2) is 85.6 Å². The van der Waals surface area contributed by atoms with Crippen molar-refractivity contribution >= 4 is 11.7 Å². The Morgan fingerprint density at radius 2 is 1.37 bits per heavy atom. The lowest BCUT2D eigenvalue weighted by molar-refractivity contribution is 0.0707. The first-order valence-corrected chi connectivity index (χ1v) is 15.2. The molecule has 0 bridgehead atoms. The quantitative estimate of drug-likeness (QED) is 0.435. The van der Waals surface area contributed by atoms with Gasteiger partial charge in [-0.15, -0.1) is 0 Å².